The van der Waals surface area contributed by atoms with Gasteiger partial charge in [0.1, 0.15) is 5.15 Å². The van der Waals surface area contributed by atoms with E-state index in [1.165, 1.54) is 29.8 Å². The number of carbonyl (C=O) groups is 1. The largest absolute Gasteiger partial charge is 0.476 e. The second-order valence-corrected chi connectivity index (χ2v) is 8.78. The zero-order valence-corrected chi connectivity index (χ0v) is 19.6. The third-order valence-corrected chi connectivity index (χ3v) is 6.21. The number of rotatable bonds is 5. The summed E-state index contributed by atoms with van der Waals surface area (Å²) in [7, 11) is 1.51. The van der Waals surface area contributed by atoms with E-state index in [1.807, 2.05) is 6.07 Å². The summed E-state index contributed by atoms with van der Waals surface area (Å²) < 4.78 is 28.7. The number of piperidine rings is 1. The second kappa shape index (κ2) is 9.11. The van der Waals surface area contributed by atoms with Gasteiger partial charge in [-0.25, -0.2) is 23.5 Å². The van der Waals surface area contributed by atoms with E-state index in [-0.39, 0.29) is 59.4 Å². The fraction of sp³-hybridized carbons (Fsp3) is 0.348. The van der Waals surface area contributed by atoms with Crippen molar-refractivity contribution >= 4 is 40.1 Å². The van der Waals surface area contributed by atoms with Crippen molar-refractivity contribution in [1.82, 2.24) is 14.5 Å². The summed E-state index contributed by atoms with van der Waals surface area (Å²) in [5, 5.41) is 22.3. The molecule has 1 atom stereocenters. The maximum atomic E-state index is 13.7. The van der Waals surface area contributed by atoms with Crippen LogP contribution in [0.15, 0.2) is 29.1 Å². The highest BCUT2D eigenvalue weighted by Gasteiger charge is 2.35. The molecule has 35 heavy (non-hydrogen) atoms. The van der Waals surface area contributed by atoms with Crippen molar-refractivity contribution in [3.8, 4) is 6.07 Å². The first-order chi connectivity index (χ1) is 16.5. The summed E-state index contributed by atoms with van der Waals surface area (Å²) in [6, 6.07) is 7.32. The maximum Gasteiger partial charge on any atom is 0.356 e. The summed E-state index contributed by atoms with van der Waals surface area (Å²) in [6.07, 6.45) is -0.693. The standard InChI is InChI=1S/C23H21ClF2N6O3/c1-12(28-16-3-4-17(24)29-19(16)21(34)35)14-9-13(11-27)10-15-18(14)30-22(31(2)20(15)33)32-7-5-23(25,26)6-8-32/h3-4,9-10,12,28H,5-8H2,1-2H3,(H,34,35). The van der Waals surface area contributed by atoms with Gasteiger partial charge in [0.05, 0.1) is 34.3 Å². The number of hydrogen-bond donors (Lipinski definition) is 2. The number of fused-ring (bicyclic) bond motifs is 1. The Labute approximate surface area is 203 Å². The molecule has 1 saturated heterocycles. The van der Waals surface area contributed by atoms with Crippen molar-refractivity contribution in [2.24, 2.45) is 7.05 Å². The first-order valence-corrected chi connectivity index (χ1v) is 11.1. The van der Waals surface area contributed by atoms with Gasteiger partial charge in [-0.1, -0.05) is 11.6 Å². The molecule has 1 aromatic carbocycles. The SMILES string of the molecule is CC(Nc1ccc(Cl)nc1C(=O)O)c1cc(C#N)cc2c(=O)n(C)c(N3CCC(F)(F)CC3)nc12. The molecule has 3 heterocycles. The Bertz CT molecular complexity index is 1430. The summed E-state index contributed by atoms with van der Waals surface area (Å²) in [5.74, 6) is -3.80. The molecule has 0 radical (unpaired) electrons. The Kier molecular flexibility index (Phi) is 6.34. The van der Waals surface area contributed by atoms with Gasteiger partial charge < -0.3 is 15.3 Å². The molecule has 9 nitrogen and oxygen atoms in total. The van der Waals surface area contributed by atoms with Crippen LogP contribution in [0.4, 0.5) is 20.4 Å². The van der Waals surface area contributed by atoms with Crippen molar-refractivity contribution in [1.29, 1.82) is 5.26 Å². The number of halogens is 3. The van der Waals surface area contributed by atoms with Gasteiger partial charge in [-0.15, -0.1) is 0 Å². The average molecular weight is 503 g/mol. The molecule has 2 aromatic heterocycles. The number of nitrogens with zero attached hydrogens (tertiary/aromatic N) is 5. The molecule has 182 valence electrons. The van der Waals surface area contributed by atoms with Crippen molar-refractivity contribution in [2.75, 3.05) is 23.3 Å². The van der Waals surface area contributed by atoms with Crippen LogP contribution in [0.2, 0.25) is 5.15 Å². The molecule has 0 aliphatic carbocycles. The highest BCUT2D eigenvalue weighted by Crippen LogP contribution is 2.32. The third-order valence-electron chi connectivity index (χ3n) is 6.00. The van der Waals surface area contributed by atoms with Gasteiger partial charge in [-0.05, 0) is 31.2 Å². The van der Waals surface area contributed by atoms with E-state index in [0.29, 0.717) is 11.1 Å². The van der Waals surface area contributed by atoms with Crippen LogP contribution in [0.25, 0.3) is 10.9 Å². The minimum Gasteiger partial charge on any atom is -0.476 e. The number of carboxylic acid groups (broad SMARTS) is 1. The molecule has 1 unspecified atom stereocenters. The smallest absolute Gasteiger partial charge is 0.356 e. The molecule has 0 amide bonds. The number of hydrogen-bond acceptors (Lipinski definition) is 7. The van der Waals surface area contributed by atoms with Gasteiger partial charge in [0.25, 0.3) is 11.5 Å². The van der Waals surface area contributed by atoms with Gasteiger partial charge in [-0.3, -0.25) is 9.36 Å². The molecule has 2 N–H and O–H groups in total. The highest BCUT2D eigenvalue weighted by molar-refractivity contribution is 6.29. The average Bonchev–Trinajstić information content (AvgIpc) is 2.82. The lowest BCUT2D eigenvalue weighted by Crippen LogP contribution is -2.42. The molecule has 0 bridgehead atoms. The first kappa shape index (κ1) is 24.3. The van der Waals surface area contributed by atoms with Crippen molar-refractivity contribution in [3.05, 3.63) is 56.6 Å². The molecule has 1 fully saturated rings. The number of benzene rings is 1. The molecular formula is C23H21ClF2N6O3. The van der Waals surface area contributed by atoms with Crippen LogP contribution in [-0.2, 0) is 7.05 Å². The normalized spacial score (nSPS) is 16.1. The van der Waals surface area contributed by atoms with E-state index in [1.54, 1.807) is 17.9 Å². The van der Waals surface area contributed by atoms with E-state index in [0.717, 1.165) is 0 Å². The quantitative estimate of drug-likeness (QED) is 0.502. The van der Waals surface area contributed by atoms with Crippen molar-refractivity contribution in [2.45, 2.75) is 31.7 Å². The molecule has 12 heteroatoms. The van der Waals surface area contributed by atoms with E-state index >= 15 is 0 Å². The number of nitriles is 1. The van der Waals surface area contributed by atoms with Crippen LogP contribution >= 0.6 is 11.6 Å². The van der Waals surface area contributed by atoms with Gasteiger partial charge in [0, 0.05) is 38.5 Å². The summed E-state index contributed by atoms with van der Waals surface area (Å²) in [5.41, 5.74) is 0.450. The topological polar surface area (TPSA) is 124 Å². The minimum absolute atomic E-state index is 0.0134. The Morgan fingerprint density at radius 2 is 1.97 bits per heavy atom. The summed E-state index contributed by atoms with van der Waals surface area (Å²) >= 11 is 5.84. The van der Waals surface area contributed by atoms with Crippen LogP contribution in [0.5, 0.6) is 0 Å². The van der Waals surface area contributed by atoms with Gasteiger partial charge in [0.2, 0.25) is 5.95 Å². The second-order valence-electron chi connectivity index (χ2n) is 8.39. The predicted molar refractivity (Wildman–Crippen MR) is 126 cm³/mol. The lowest BCUT2D eigenvalue weighted by atomic mass is 10.0. The molecule has 0 spiro atoms. The van der Waals surface area contributed by atoms with Crippen LogP contribution in [0, 0.1) is 11.3 Å². The van der Waals surface area contributed by atoms with Gasteiger partial charge in [-0.2, -0.15) is 5.26 Å². The Balaban J connectivity index is 1.83. The zero-order valence-electron chi connectivity index (χ0n) is 18.8. The number of nitrogens with one attached hydrogen (secondary N) is 1. The predicted octanol–water partition coefficient (Wildman–Crippen LogP) is 3.96. The molecule has 3 aromatic rings. The van der Waals surface area contributed by atoms with Crippen molar-refractivity contribution in [3.63, 3.8) is 0 Å². The Morgan fingerprint density at radius 1 is 1.29 bits per heavy atom. The highest BCUT2D eigenvalue weighted by atomic mass is 35.5. The minimum atomic E-state index is -2.76. The molecular weight excluding hydrogens is 482 g/mol. The van der Waals surface area contributed by atoms with Crippen LogP contribution in [0.3, 0.4) is 0 Å². The monoisotopic (exact) mass is 502 g/mol. The zero-order chi connectivity index (χ0) is 25.5. The summed E-state index contributed by atoms with van der Waals surface area (Å²) in [6.45, 7) is 1.80. The number of pyridine rings is 1. The summed E-state index contributed by atoms with van der Waals surface area (Å²) in [4.78, 5) is 35.0. The molecule has 4 rings (SSSR count). The van der Waals surface area contributed by atoms with E-state index in [2.05, 4.69) is 15.3 Å². The first-order valence-electron chi connectivity index (χ1n) is 10.7. The molecule has 1 aliphatic rings. The fourth-order valence-corrected chi connectivity index (χ4v) is 4.28. The number of alkyl halides is 2. The van der Waals surface area contributed by atoms with E-state index < -0.39 is 23.5 Å². The fourth-order valence-electron chi connectivity index (χ4n) is 4.13. The van der Waals surface area contributed by atoms with Crippen LogP contribution < -0.4 is 15.8 Å². The van der Waals surface area contributed by atoms with Crippen LogP contribution in [-0.4, -0.2) is 44.6 Å². The van der Waals surface area contributed by atoms with Crippen LogP contribution in [0.1, 0.15) is 47.4 Å². The van der Waals surface area contributed by atoms with Gasteiger partial charge in [0.15, 0.2) is 5.69 Å². The number of carboxylic acids is 1. The lowest BCUT2D eigenvalue weighted by Gasteiger charge is -2.33. The van der Waals surface area contributed by atoms with Gasteiger partial charge >= 0.3 is 5.97 Å². The molecule has 0 saturated carbocycles. The van der Waals surface area contributed by atoms with E-state index in [4.69, 9.17) is 11.6 Å². The number of aromatic carboxylic acids is 1. The van der Waals surface area contributed by atoms with E-state index in [9.17, 15) is 28.7 Å². The Morgan fingerprint density at radius 3 is 2.60 bits per heavy atom. The molecule has 1 aliphatic heterocycles. The van der Waals surface area contributed by atoms with Crippen molar-refractivity contribution < 1.29 is 18.7 Å². The number of aromatic nitrogens is 3. The third kappa shape index (κ3) is 4.74. The Hall–Kier alpha value is -3.78. The lowest BCUT2D eigenvalue weighted by molar-refractivity contribution is -0.0223. The maximum absolute atomic E-state index is 13.7. The number of anilines is 2.